The first-order chi connectivity index (χ1) is 11.1. The van der Waals surface area contributed by atoms with Crippen molar-refractivity contribution in [1.29, 1.82) is 0 Å². The van der Waals surface area contributed by atoms with Gasteiger partial charge in [-0.1, -0.05) is 0 Å². The van der Waals surface area contributed by atoms with Gasteiger partial charge in [-0.15, -0.1) is 0 Å². The Kier molecular flexibility index (Phi) is 4.20. The number of carbonyl (C=O) groups is 1. The van der Waals surface area contributed by atoms with Crippen molar-refractivity contribution in [2.24, 2.45) is 5.73 Å². The number of anilines is 1. The summed E-state index contributed by atoms with van der Waals surface area (Å²) in [5, 5.41) is 0. The molecule has 1 aliphatic heterocycles. The lowest BCUT2D eigenvalue weighted by Gasteiger charge is -2.30. The Morgan fingerprint density at radius 2 is 2.22 bits per heavy atom. The molecule has 3 rings (SSSR count). The third kappa shape index (κ3) is 3.00. The normalized spacial score (nSPS) is 13.6. The zero-order chi connectivity index (χ0) is 16.4. The molecule has 23 heavy (non-hydrogen) atoms. The fourth-order valence-corrected chi connectivity index (χ4v) is 2.75. The number of carbonyl (C=O) groups excluding carboxylic acids is 1. The largest absolute Gasteiger partial charge is 0.362 e. The SMILES string of the molecule is CN(C)c1nc(-c2cccnc2)nc2c1CCN(C(=O)CN)C2. The first-order valence-electron chi connectivity index (χ1n) is 7.55. The van der Waals surface area contributed by atoms with Crippen molar-refractivity contribution in [3.05, 3.63) is 35.8 Å². The van der Waals surface area contributed by atoms with E-state index in [1.807, 2.05) is 31.1 Å². The molecule has 2 N–H and O–H groups in total. The maximum Gasteiger partial charge on any atom is 0.236 e. The van der Waals surface area contributed by atoms with Crippen LogP contribution in [-0.4, -0.2) is 52.9 Å². The van der Waals surface area contributed by atoms with Crippen molar-refractivity contribution in [2.75, 3.05) is 32.1 Å². The summed E-state index contributed by atoms with van der Waals surface area (Å²) < 4.78 is 0. The molecule has 2 aromatic rings. The predicted molar refractivity (Wildman–Crippen MR) is 87.8 cm³/mol. The van der Waals surface area contributed by atoms with E-state index in [-0.39, 0.29) is 12.5 Å². The minimum Gasteiger partial charge on any atom is -0.362 e. The van der Waals surface area contributed by atoms with Gasteiger partial charge in [-0.05, 0) is 18.6 Å². The zero-order valence-corrected chi connectivity index (χ0v) is 13.4. The van der Waals surface area contributed by atoms with Crippen LogP contribution in [0.5, 0.6) is 0 Å². The fraction of sp³-hybridized carbons (Fsp3) is 0.375. The molecule has 0 fully saturated rings. The van der Waals surface area contributed by atoms with Gasteiger partial charge < -0.3 is 15.5 Å². The van der Waals surface area contributed by atoms with Gasteiger partial charge in [0.1, 0.15) is 5.82 Å². The molecule has 0 aliphatic carbocycles. The van der Waals surface area contributed by atoms with Crippen molar-refractivity contribution in [3.63, 3.8) is 0 Å². The molecule has 1 aliphatic rings. The van der Waals surface area contributed by atoms with E-state index in [0.717, 1.165) is 29.1 Å². The van der Waals surface area contributed by atoms with E-state index >= 15 is 0 Å². The number of nitrogens with two attached hydrogens (primary N) is 1. The summed E-state index contributed by atoms with van der Waals surface area (Å²) in [6.45, 7) is 1.15. The molecule has 1 amide bonds. The van der Waals surface area contributed by atoms with Crippen molar-refractivity contribution in [2.45, 2.75) is 13.0 Å². The quantitative estimate of drug-likeness (QED) is 0.885. The minimum absolute atomic E-state index is 0.0242. The van der Waals surface area contributed by atoms with E-state index in [0.29, 0.717) is 18.9 Å². The van der Waals surface area contributed by atoms with E-state index in [1.54, 1.807) is 17.3 Å². The highest BCUT2D eigenvalue weighted by Crippen LogP contribution is 2.28. The number of hydrogen-bond acceptors (Lipinski definition) is 6. The Labute approximate surface area is 135 Å². The first-order valence-corrected chi connectivity index (χ1v) is 7.55. The molecule has 7 nitrogen and oxygen atoms in total. The molecule has 120 valence electrons. The average Bonchev–Trinajstić information content (AvgIpc) is 2.60. The molecule has 0 aromatic carbocycles. The molecular weight excluding hydrogens is 292 g/mol. The molecular formula is C16H20N6O. The first kappa shape index (κ1) is 15.4. The van der Waals surface area contributed by atoms with Crippen LogP contribution >= 0.6 is 0 Å². The number of fused-ring (bicyclic) bond motifs is 1. The van der Waals surface area contributed by atoms with Gasteiger partial charge in [0.05, 0.1) is 18.8 Å². The van der Waals surface area contributed by atoms with Crippen LogP contribution in [0.4, 0.5) is 5.82 Å². The number of nitrogens with zero attached hydrogens (tertiary/aromatic N) is 5. The Morgan fingerprint density at radius 1 is 1.39 bits per heavy atom. The highest BCUT2D eigenvalue weighted by atomic mass is 16.2. The van der Waals surface area contributed by atoms with Crippen LogP contribution in [0, 0.1) is 0 Å². The summed E-state index contributed by atoms with van der Waals surface area (Å²) in [6, 6.07) is 3.79. The van der Waals surface area contributed by atoms with Crippen LogP contribution in [0.25, 0.3) is 11.4 Å². The summed E-state index contributed by atoms with van der Waals surface area (Å²) in [4.78, 5) is 29.1. The second-order valence-electron chi connectivity index (χ2n) is 5.70. The van der Waals surface area contributed by atoms with Gasteiger partial charge in [-0.3, -0.25) is 9.78 Å². The summed E-state index contributed by atoms with van der Waals surface area (Å²) in [7, 11) is 3.93. The molecule has 0 unspecified atom stereocenters. The third-order valence-corrected chi connectivity index (χ3v) is 3.91. The molecule has 7 heteroatoms. The third-order valence-electron chi connectivity index (χ3n) is 3.91. The number of pyridine rings is 1. The Balaban J connectivity index is 2.06. The second-order valence-corrected chi connectivity index (χ2v) is 5.70. The van der Waals surface area contributed by atoms with E-state index in [4.69, 9.17) is 10.7 Å². The average molecular weight is 312 g/mol. The van der Waals surface area contributed by atoms with Gasteiger partial charge in [-0.25, -0.2) is 9.97 Å². The predicted octanol–water partition coefficient (Wildman–Crippen LogP) is 0.448. The second kappa shape index (κ2) is 6.29. The fourth-order valence-electron chi connectivity index (χ4n) is 2.75. The standard InChI is InChI=1S/C16H20N6O/c1-21(2)16-12-5-7-22(14(23)8-17)10-13(12)19-15(20-16)11-4-3-6-18-9-11/h3-4,6,9H,5,7-8,10,17H2,1-2H3. The van der Waals surface area contributed by atoms with Crippen LogP contribution in [0.1, 0.15) is 11.3 Å². The number of aromatic nitrogens is 3. The molecule has 3 heterocycles. The van der Waals surface area contributed by atoms with E-state index in [2.05, 4.69) is 9.97 Å². The number of hydrogen-bond donors (Lipinski definition) is 1. The Hall–Kier alpha value is -2.54. The lowest BCUT2D eigenvalue weighted by atomic mass is 10.0. The van der Waals surface area contributed by atoms with E-state index < -0.39 is 0 Å². The molecule has 0 radical (unpaired) electrons. The van der Waals surface area contributed by atoms with Gasteiger partial charge in [0.25, 0.3) is 0 Å². The Morgan fingerprint density at radius 3 is 2.87 bits per heavy atom. The summed E-state index contributed by atoms with van der Waals surface area (Å²) in [6.07, 6.45) is 4.20. The van der Waals surface area contributed by atoms with Gasteiger partial charge in [-0.2, -0.15) is 0 Å². The van der Waals surface area contributed by atoms with E-state index in [1.165, 1.54) is 0 Å². The smallest absolute Gasteiger partial charge is 0.236 e. The van der Waals surface area contributed by atoms with Crippen molar-refractivity contribution in [3.8, 4) is 11.4 Å². The highest BCUT2D eigenvalue weighted by molar-refractivity contribution is 5.78. The molecule has 0 atom stereocenters. The summed E-state index contributed by atoms with van der Waals surface area (Å²) in [5.74, 6) is 1.47. The van der Waals surface area contributed by atoms with Crippen molar-refractivity contribution >= 4 is 11.7 Å². The zero-order valence-electron chi connectivity index (χ0n) is 13.4. The molecule has 0 saturated carbocycles. The van der Waals surface area contributed by atoms with Gasteiger partial charge in [0, 0.05) is 44.2 Å². The van der Waals surface area contributed by atoms with Crippen LogP contribution < -0.4 is 10.6 Å². The highest BCUT2D eigenvalue weighted by Gasteiger charge is 2.25. The topological polar surface area (TPSA) is 88.2 Å². The van der Waals surface area contributed by atoms with E-state index in [9.17, 15) is 4.79 Å². The summed E-state index contributed by atoms with van der Waals surface area (Å²) in [5.41, 5.74) is 8.33. The Bertz CT molecular complexity index is 716. The summed E-state index contributed by atoms with van der Waals surface area (Å²) >= 11 is 0. The molecule has 0 spiro atoms. The number of rotatable bonds is 3. The van der Waals surface area contributed by atoms with Crippen LogP contribution in [0.3, 0.4) is 0 Å². The minimum atomic E-state index is -0.0522. The lowest BCUT2D eigenvalue weighted by Crippen LogP contribution is -2.40. The van der Waals surface area contributed by atoms with Gasteiger partial charge in [0.2, 0.25) is 5.91 Å². The van der Waals surface area contributed by atoms with Gasteiger partial charge in [0.15, 0.2) is 5.82 Å². The van der Waals surface area contributed by atoms with Crippen LogP contribution in [0.2, 0.25) is 0 Å². The van der Waals surface area contributed by atoms with Gasteiger partial charge >= 0.3 is 0 Å². The lowest BCUT2D eigenvalue weighted by molar-refractivity contribution is -0.130. The monoisotopic (exact) mass is 312 g/mol. The molecule has 0 bridgehead atoms. The van der Waals surface area contributed by atoms with Crippen molar-refractivity contribution in [1.82, 2.24) is 19.9 Å². The van der Waals surface area contributed by atoms with Crippen molar-refractivity contribution < 1.29 is 4.79 Å². The van der Waals surface area contributed by atoms with Crippen LogP contribution in [-0.2, 0) is 17.8 Å². The van der Waals surface area contributed by atoms with Crippen LogP contribution in [0.15, 0.2) is 24.5 Å². The molecule has 0 saturated heterocycles. The maximum absolute atomic E-state index is 11.9. The number of amides is 1. The maximum atomic E-state index is 11.9. The molecule has 2 aromatic heterocycles.